The number of hydrogen-bond donors (Lipinski definition) is 3. The molecule has 2 amide bonds. The van der Waals surface area contributed by atoms with Crippen LogP contribution in [0.25, 0.3) is 0 Å². The first-order valence-electron chi connectivity index (χ1n) is 7.89. The van der Waals surface area contributed by atoms with Crippen LogP contribution in [0.3, 0.4) is 0 Å². The molecule has 0 bridgehead atoms. The van der Waals surface area contributed by atoms with E-state index >= 15 is 0 Å². The highest BCUT2D eigenvalue weighted by Gasteiger charge is 2.19. The average Bonchev–Trinajstić information content (AvgIpc) is 2.93. The number of amides is 2. The monoisotopic (exact) mass is 334 g/mol. The van der Waals surface area contributed by atoms with E-state index < -0.39 is 18.2 Å². The number of anilines is 1. The van der Waals surface area contributed by atoms with Gasteiger partial charge in [-0.3, -0.25) is 5.32 Å². The third kappa shape index (κ3) is 4.79. The molecule has 0 saturated heterocycles. The number of aliphatic hydroxyl groups excluding tert-OH is 1. The number of nitrogens with one attached hydrogen (secondary N) is 2. The van der Waals surface area contributed by atoms with Crippen molar-refractivity contribution >= 4 is 11.8 Å². The van der Waals surface area contributed by atoms with Crippen molar-refractivity contribution in [2.45, 2.75) is 39.5 Å². The highest BCUT2D eigenvalue weighted by atomic mass is 19.1. The summed E-state index contributed by atoms with van der Waals surface area (Å²) in [6.07, 6.45) is 0.686. The number of halogens is 1. The van der Waals surface area contributed by atoms with Gasteiger partial charge in [0.1, 0.15) is 11.6 Å². The van der Waals surface area contributed by atoms with Crippen molar-refractivity contribution in [1.29, 1.82) is 0 Å². The van der Waals surface area contributed by atoms with Gasteiger partial charge in [0, 0.05) is 12.6 Å². The van der Waals surface area contributed by atoms with Gasteiger partial charge >= 0.3 is 6.03 Å². The number of hydrogen-bond acceptors (Lipinski definition) is 3. The molecule has 0 radical (unpaired) electrons. The molecule has 1 aromatic carbocycles. The van der Waals surface area contributed by atoms with Crippen molar-refractivity contribution in [3.05, 3.63) is 47.9 Å². The second kappa shape index (κ2) is 7.92. The van der Waals surface area contributed by atoms with Gasteiger partial charge in [0.15, 0.2) is 0 Å². The summed E-state index contributed by atoms with van der Waals surface area (Å²) in [5, 5.41) is 19.8. The van der Waals surface area contributed by atoms with Gasteiger partial charge in [-0.1, -0.05) is 26.0 Å². The smallest absolute Gasteiger partial charge is 0.320 e. The molecule has 2 rings (SSSR count). The third-order valence-electron chi connectivity index (χ3n) is 3.54. The summed E-state index contributed by atoms with van der Waals surface area (Å²) in [5.41, 5.74) is 0.536. The Morgan fingerprint density at radius 3 is 2.54 bits per heavy atom. The quantitative estimate of drug-likeness (QED) is 0.760. The largest absolute Gasteiger partial charge is 0.386 e. The lowest BCUT2D eigenvalue weighted by Gasteiger charge is -2.21. The van der Waals surface area contributed by atoms with Crippen molar-refractivity contribution in [3.63, 3.8) is 0 Å². The maximum absolute atomic E-state index is 12.9. The fourth-order valence-corrected chi connectivity index (χ4v) is 2.32. The van der Waals surface area contributed by atoms with E-state index in [2.05, 4.69) is 29.6 Å². The standard InChI is InChI=1S/C17H23FN4O2/c1-11(2)10-22-15(8-9-19-22)21-17(24)20-12(3)16(23)13-4-6-14(18)7-5-13/h4-9,11-12,16,23H,10H2,1-3H3,(H2,20,21,24)/t12-,16+/m1/s1. The molecule has 130 valence electrons. The van der Waals surface area contributed by atoms with Crippen LogP contribution in [0.15, 0.2) is 36.5 Å². The number of aromatic nitrogens is 2. The SMILES string of the molecule is CC(C)Cn1nccc1NC(=O)N[C@H](C)[C@H](O)c1ccc(F)cc1. The van der Waals surface area contributed by atoms with Crippen LogP contribution in [-0.2, 0) is 6.54 Å². The topological polar surface area (TPSA) is 79.2 Å². The van der Waals surface area contributed by atoms with Gasteiger partial charge in [-0.25, -0.2) is 13.9 Å². The Balaban J connectivity index is 1.94. The second-order valence-corrected chi connectivity index (χ2v) is 6.18. The molecule has 0 aliphatic carbocycles. The molecule has 0 aliphatic rings. The summed E-state index contributed by atoms with van der Waals surface area (Å²) in [6.45, 7) is 6.49. The first kappa shape index (κ1) is 17.9. The summed E-state index contributed by atoms with van der Waals surface area (Å²) in [6, 6.07) is 6.27. The molecule has 0 saturated carbocycles. The zero-order valence-corrected chi connectivity index (χ0v) is 14.0. The Bertz CT molecular complexity index is 669. The lowest BCUT2D eigenvalue weighted by molar-refractivity contribution is 0.139. The Labute approximate surface area is 140 Å². The average molecular weight is 334 g/mol. The van der Waals surface area contributed by atoms with Gasteiger partial charge in [-0.15, -0.1) is 0 Å². The van der Waals surface area contributed by atoms with Crippen molar-refractivity contribution in [2.75, 3.05) is 5.32 Å². The van der Waals surface area contributed by atoms with Crippen LogP contribution < -0.4 is 10.6 Å². The van der Waals surface area contributed by atoms with E-state index in [1.807, 2.05) is 0 Å². The molecule has 1 heterocycles. The number of aliphatic hydroxyl groups is 1. The van der Waals surface area contributed by atoms with Gasteiger partial charge in [0.2, 0.25) is 0 Å². The van der Waals surface area contributed by atoms with Crippen LogP contribution in [0.4, 0.5) is 15.0 Å². The molecule has 1 aromatic heterocycles. The van der Waals surface area contributed by atoms with Crippen LogP contribution in [0.2, 0.25) is 0 Å². The van der Waals surface area contributed by atoms with E-state index in [-0.39, 0.29) is 5.82 Å². The Hall–Kier alpha value is -2.41. The normalized spacial score (nSPS) is 13.6. The molecule has 6 nitrogen and oxygen atoms in total. The molecule has 2 atom stereocenters. The summed E-state index contributed by atoms with van der Waals surface area (Å²) in [5.74, 6) is 0.611. The van der Waals surface area contributed by atoms with Gasteiger partial charge in [-0.2, -0.15) is 5.10 Å². The summed E-state index contributed by atoms with van der Waals surface area (Å²) < 4.78 is 14.6. The van der Waals surface area contributed by atoms with E-state index in [1.165, 1.54) is 24.3 Å². The van der Waals surface area contributed by atoms with E-state index in [0.717, 1.165) is 0 Å². The Kier molecular flexibility index (Phi) is 5.92. The number of rotatable bonds is 6. The molecule has 7 heteroatoms. The lowest BCUT2D eigenvalue weighted by atomic mass is 10.0. The fraction of sp³-hybridized carbons (Fsp3) is 0.412. The predicted octanol–water partition coefficient (Wildman–Crippen LogP) is 2.92. The van der Waals surface area contributed by atoms with Crippen molar-refractivity contribution in [3.8, 4) is 0 Å². The maximum atomic E-state index is 12.9. The molecule has 24 heavy (non-hydrogen) atoms. The van der Waals surface area contributed by atoms with E-state index in [1.54, 1.807) is 23.9 Å². The zero-order valence-electron chi connectivity index (χ0n) is 14.0. The minimum atomic E-state index is -0.933. The van der Waals surface area contributed by atoms with E-state index in [9.17, 15) is 14.3 Å². The number of carbonyl (C=O) groups excluding carboxylic acids is 1. The van der Waals surface area contributed by atoms with Gasteiger partial charge in [0.25, 0.3) is 0 Å². The molecule has 3 N–H and O–H groups in total. The highest BCUT2D eigenvalue weighted by molar-refractivity contribution is 5.88. The van der Waals surface area contributed by atoms with E-state index in [0.29, 0.717) is 23.8 Å². The van der Waals surface area contributed by atoms with Crippen LogP contribution in [0.1, 0.15) is 32.4 Å². The van der Waals surface area contributed by atoms with Crippen molar-refractivity contribution in [1.82, 2.24) is 15.1 Å². The van der Waals surface area contributed by atoms with Gasteiger partial charge in [0.05, 0.1) is 18.3 Å². The second-order valence-electron chi connectivity index (χ2n) is 6.18. The lowest BCUT2D eigenvalue weighted by Crippen LogP contribution is -2.40. The molecule has 2 aromatic rings. The first-order chi connectivity index (χ1) is 11.4. The molecule has 0 spiro atoms. The Morgan fingerprint density at radius 2 is 1.92 bits per heavy atom. The summed E-state index contributed by atoms with van der Waals surface area (Å²) in [7, 11) is 0. The van der Waals surface area contributed by atoms with Crippen molar-refractivity contribution < 1.29 is 14.3 Å². The minimum Gasteiger partial charge on any atom is -0.386 e. The highest BCUT2D eigenvalue weighted by Crippen LogP contribution is 2.17. The number of carbonyl (C=O) groups is 1. The Morgan fingerprint density at radius 1 is 1.25 bits per heavy atom. The molecule has 0 fully saturated rings. The molecular formula is C17H23FN4O2. The third-order valence-corrected chi connectivity index (χ3v) is 3.54. The van der Waals surface area contributed by atoms with E-state index in [4.69, 9.17) is 0 Å². The van der Waals surface area contributed by atoms with Crippen LogP contribution in [0, 0.1) is 11.7 Å². The molecule has 0 unspecified atom stereocenters. The zero-order chi connectivity index (χ0) is 17.7. The van der Waals surface area contributed by atoms with Crippen LogP contribution >= 0.6 is 0 Å². The summed E-state index contributed by atoms with van der Waals surface area (Å²) >= 11 is 0. The predicted molar refractivity (Wildman–Crippen MR) is 90.0 cm³/mol. The molecule has 0 aliphatic heterocycles. The molecular weight excluding hydrogens is 311 g/mol. The fourth-order valence-electron chi connectivity index (χ4n) is 2.32. The van der Waals surface area contributed by atoms with Crippen LogP contribution in [-0.4, -0.2) is 27.0 Å². The maximum Gasteiger partial charge on any atom is 0.320 e. The number of benzene rings is 1. The summed E-state index contributed by atoms with van der Waals surface area (Å²) in [4.78, 5) is 12.1. The van der Waals surface area contributed by atoms with Gasteiger partial charge < -0.3 is 10.4 Å². The first-order valence-corrected chi connectivity index (χ1v) is 7.89. The number of urea groups is 1. The van der Waals surface area contributed by atoms with Crippen molar-refractivity contribution in [2.24, 2.45) is 5.92 Å². The number of nitrogens with zero attached hydrogens (tertiary/aromatic N) is 2. The van der Waals surface area contributed by atoms with Gasteiger partial charge in [-0.05, 0) is 30.5 Å². The minimum absolute atomic E-state index is 0.372. The van der Waals surface area contributed by atoms with Crippen LogP contribution in [0.5, 0.6) is 0 Å².